The number of carbonyl (C=O) groups excluding carboxylic acids is 1. The van der Waals surface area contributed by atoms with Gasteiger partial charge in [-0.2, -0.15) is 0 Å². The van der Waals surface area contributed by atoms with Gasteiger partial charge in [-0.1, -0.05) is 11.6 Å². The molecular formula is C12H8BClN2O6. The summed E-state index contributed by atoms with van der Waals surface area (Å²) in [7, 11) is -1.96. The Hall–Kier alpha value is -2.49. The lowest BCUT2D eigenvalue weighted by atomic mass is 9.79. The third-order valence-electron chi connectivity index (χ3n) is 2.61. The van der Waals surface area contributed by atoms with E-state index in [-0.39, 0.29) is 21.9 Å². The molecule has 0 unspecified atom stereocenters. The van der Waals surface area contributed by atoms with Crippen molar-refractivity contribution in [1.82, 2.24) is 4.98 Å². The molecule has 0 radical (unpaired) electrons. The SMILES string of the molecule is O=C(Oc1cccnc1Cl)c1cc(B(O)O)cc([N+](=O)[O-])c1. The van der Waals surface area contributed by atoms with E-state index in [2.05, 4.69) is 4.98 Å². The highest BCUT2D eigenvalue weighted by atomic mass is 35.5. The van der Waals surface area contributed by atoms with Crippen molar-refractivity contribution in [3.8, 4) is 5.75 Å². The Morgan fingerprint density at radius 3 is 2.68 bits per heavy atom. The largest absolute Gasteiger partial charge is 0.488 e. The van der Waals surface area contributed by atoms with E-state index < -0.39 is 23.7 Å². The van der Waals surface area contributed by atoms with Crippen LogP contribution in [0, 0.1) is 10.1 Å². The van der Waals surface area contributed by atoms with Crippen LogP contribution in [0.1, 0.15) is 10.4 Å². The van der Waals surface area contributed by atoms with Crippen molar-refractivity contribution in [2.45, 2.75) is 0 Å². The van der Waals surface area contributed by atoms with Crippen molar-refractivity contribution >= 4 is 35.8 Å². The molecule has 0 aliphatic rings. The second-order valence-electron chi connectivity index (χ2n) is 4.13. The zero-order chi connectivity index (χ0) is 16.3. The van der Waals surface area contributed by atoms with Crippen LogP contribution in [0.4, 0.5) is 5.69 Å². The average molecular weight is 322 g/mol. The van der Waals surface area contributed by atoms with E-state index in [4.69, 9.17) is 26.4 Å². The van der Waals surface area contributed by atoms with Gasteiger partial charge in [0.25, 0.3) is 5.69 Å². The summed E-state index contributed by atoms with van der Waals surface area (Å²) in [6, 6.07) is 5.86. The number of carbonyl (C=O) groups is 1. The molecule has 0 saturated heterocycles. The van der Waals surface area contributed by atoms with E-state index in [1.54, 1.807) is 0 Å². The second-order valence-corrected chi connectivity index (χ2v) is 4.48. The molecular weight excluding hydrogens is 314 g/mol. The van der Waals surface area contributed by atoms with Crippen molar-refractivity contribution in [2.75, 3.05) is 0 Å². The molecule has 0 saturated carbocycles. The van der Waals surface area contributed by atoms with E-state index in [0.717, 1.165) is 18.2 Å². The van der Waals surface area contributed by atoms with Gasteiger partial charge in [-0.15, -0.1) is 0 Å². The highest BCUT2D eigenvalue weighted by Gasteiger charge is 2.21. The molecule has 2 aromatic rings. The van der Waals surface area contributed by atoms with Crippen LogP contribution in [0.2, 0.25) is 5.15 Å². The number of nitro benzene ring substituents is 1. The van der Waals surface area contributed by atoms with Gasteiger partial charge in [-0.05, 0) is 23.7 Å². The molecule has 1 aromatic carbocycles. The minimum atomic E-state index is -1.96. The topological polar surface area (TPSA) is 123 Å². The summed E-state index contributed by atoms with van der Waals surface area (Å²) in [4.78, 5) is 25.8. The highest BCUT2D eigenvalue weighted by Crippen LogP contribution is 2.22. The monoisotopic (exact) mass is 322 g/mol. The fourth-order valence-electron chi connectivity index (χ4n) is 1.61. The molecule has 0 fully saturated rings. The van der Waals surface area contributed by atoms with Crippen molar-refractivity contribution in [3.05, 3.63) is 57.4 Å². The number of nitrogens with zero attached hydrogens (tertiary/aromatic N) is 2. The second kappa shape index (κ2) is 6.52. The summed E-state index contributed by atoms with van der Waals surface area (Å²) in [5.74, 6) is -0.965. The molecule has 1 aromatic heterocycles. The maximum atomic E-state index is 12.0. The molecule has 0 aliphatic heterocycles. The number of non-ortho nitro benzene ring substituents is 1. The minimum Gasteiger partial charge on any atom is -0.423 e. The van der Waals surface area contributed by atoms with E-state index >= 15 is 0 Å². The summed E-state index contributed by atoms with van der Waals surface area (Å²) in [6.07, 6.45) is 1.40. The number of aromatic nitrogens is 1. The Balaban J connectivity index is 2.37. The van der Waals surface area contributed by atoms with Crippen molar-refractivity contribution in [1.29, 1.82) is 0 Å². The van der Waals surface area contributed by atoms with Crippen LogP contribution in [0.5, 0.6) is 5.75 Å². The van der Waals surface area contributed by atoms with Crippen LogP contribution < -0.4 is 10.2 Å². The van der Waals surface area contributed by atoms with E-state index in [0.29, 0.717) is 0 Å². The van der Waals surface area contributed by atoms with Gasteiger partial charge >= 0.3 is 13.1 Å². The zero-order valence-corrected chi connectivity index (χ0v) is 11.6. The lowest BCUT2D eigenvalue weighted by molar-refractivity contribution is -0.384. The van der Waals surface area contributed by atoms with Gasteiger partial charge in [0.05, 0.1) is 10.5 Å². The Bertz CT molecular complexity index is 739. The van der Waals surface area contributed by atoms with Crippen LogP contribution >= 0.6 is 11.6 Å². The highest BCUT2D eigenvalue weighted by molar-refractivity contribution is 6.58. The quantitative estimate of drug-likeness (QED) is 0.277. The number of pyridine rings is 1. The first-order valence-electron chi connectivity index (χ1n) is 5.86. The number of benzene rings is 1. The average Bonchev–Trinajstić information content (AvgIpc) is 2.49. The molecule has 2 rings (SSSR count). The van der Waals surface area contributed by atoms with E-state index in [1.165, 1.54) is 18.3 Å². The summed E-state index contributed by atoms with van der Waals surface area (Å²) >= 11 is 5.74. The lowest BCUT2D eigenvalue weighted by Crippen LogP contribution is -2.31. The number of hydrogen-bond acceptors (Lipinski definition) is 7. The fraction of sp³-hybridized carbons (Fsp3) is 0. The van der Waals surface area contributed by atoms with Crippen LogP contribution in [-0.2, 0) is 0 Å². The number of hydrogen-bond donors (Lipinski definition) is 2. The van der Waals surface area contributed by atoms with E-state index in [1.807, 2.05) is 0 Å². The molecule has 0 spiro atoms. The molecule has 0 bridgehead atoms. The van der Waals surface area contributed by atoms with Gasteiger partial charge in [-0.3, -0.25) is 10.1 Å². The summed E-state index contributed by atoms with van der Waals surface area (Å²) < 4.78 is 4.98. The predicted molar refractivity (Wildman–Crippen MR) is 77.1 cm³/mol. The maximum Gasteiger partial charge on any atom is 0.488 e. The Morgan fingerprint density at radius 2 is 2.09 bits per heavy atom. The van der Waals surface area contributed by atoms with Gasteiger partial charge < -0.3 is 14.8 Å². The fourth-order valence-corrected chi connectivity index (χ4v) is 1.77. The summed E-state index contributed by atoms with van der Waals surface area (Å²) in [5, 5.41) is 29.0. The molecule has 10 heteroatoms. The summed E-state index contributed by atoms with van der Waals surface area (Å²) in [6.45, 7) is 0. The van der Waals surface area contributed by atoms with Gasteiger partial charge in [-0.25, -0.2) is 9.78 Å². The summed E-state index contributed by atoms with van der Waals surface area (Å²) in [5.41, 5.74) is -0.912. The normalized spacial score (nSPS) is 10.1. The molecule has 112 valence electrons. The molecule has 0 aliphatic carbocycles. The molecule has 0 atom stereocenters. The number of nitro groups is 1. The van der Waals surface area contributed by atoms with E-state index in [9.17, 15) is 14.9 Å². The third kappa shape index (κ3) is 3.58. The van der Waals surface area contributed by atoms with Crippen molar-refractivity contribution in [3.63, 3.8) is 0 Å². The van der Waals surface area contributed by atoms with Crippen LogP contribution in [-0.4, -0.2) is 33.0 Å². The number of halogens is 1. The van der Waals surface area contributed by atoms with Crippen LogP contribution in [0.3, 0.4) is 0 Å². The first-order chi connectivity index (χ1) is 10.4. The zero-order valence-electron chi connectivity index (χ0n) is 10.8. The molecule has 22 heavy (non-hydrogen) atoms. The molecule has 8 nitrogen and oxygen atoms in total. The first-order valence-corrected chi connectivity index (χ1v) is 6.24. The van der Waals surface area contributed by atoms with Gasteiger partial charge in [0.15, 0.2) is 10.9 Å². The maximum absolute atomic E-state index is 12.0. The number of ether oxygens (including phenoxy) is 1. The van der Waals surface area contributed by atoms with Gasteiger partial charge in [0.2, 0.25) is 0 Å². The predicted octanol–water partition coefficient (Wildman–Crippen LogP) is 0.542. The smallest absolute Gasteiger partial charge is 0.423 e. The minimum absolute atomic E-state index is 0.0215. The van der Waals surface area contributed by atoms with Crippen molar-refractivity contribution < 1.29 is 24.5 Å². The molecule has 2 N–H and O–H groups in total. The van der Waals surface area contributed by atoms with Gasteiger partial charge in [0.1, 0.15) is 0 Å². The first kappa shape index (κ1) is 15.9. The number of rotatable bonds is 4. The Labute approximate surface area is 129 Å². The lowest BCUT2D eigenvalue weighted by Gasteiger charge is -2.07. The standard InChI is InChI=1S/C12H8BClN2O6/c14-11-10(2-1-3-15-11)22-12(17)7-4-8(13(18)19)6-9(5-7)16(20)21/h1-6,18-19H. The van der Waals surface area contributed by atoms with Crippen LogP contribution in [0.15, 0.2) is 36.5 Å². The van der Waals surface area contributed by atoms with Crippen LogP contribution in [0.25, 0.3) is 0 Å². The molecule has 0 amide bonds. The Morgan fingerprint density at radius 1 is 1.36 bits per heavy atom. The number of esters is 1. The third-order valence-corrected chi connectivity index (χ3v) is 2.90. The Kier molecular flexibility index (Phi) is 4.71. The van der Waals surface area contributed by atoms with Crippen molar-refractivity contribution in [2.24, 2.45) is 0 Å². The van der Waals surface area contributed by atoms with Gasteiger partial charge in [0, 0.05) is 18.3 Å². The molecule has 1 heterocycles.